The summed E-state index contributed by atoms with van der Waals surface area (Å²) in [5, 5.41) is 0.357. The average molecular weight is 327 g/mol. The third kappa shape index (κ3) is 2.70. The van der Waals surface area contributed by atoms with E-state index in [0.717, 1.165) is 14.9 Å². The number of benzene rings is 1. The lowest BCUT2D eigenvalue weighted by Gasteiger charge is -2.02. The number of carbonyl (C=O) groups excluding carboxylic acids is 1. The maximum absolute atomic E-state index is 11.8. The minimum absolute atomic E-state index is 0.279. The highest BCUT2D eigenvalue weighted by atomic mass is 79.9. The maximum atomic E-state index is 11.8. The number of hydrogen-bond acceptors (Lipinski definition) is 5. The van der Waals surface area contributed by atoms with E-state index < -0.39 is 5.97 Å². The lowest BCUT2D eigenvalue weighted by atomic mass is 10.1. The molecule has 0 saturated carbocycles. The van der Waals surface area contributed by atoms with Gasteiger partial charge in [0.15, 0.2) is 10.8 Å². The minimum Gasteiger partial charge on any atom is -0.461 e. The number of halogens is 1. The Kier molecular flexibility index (Phi) is 3.98. The third-order valence-corrected chi connectivity index (χ3v) is 3.68. The lowest BCUT2D eigenvalue weighted by molar-refractivity contribution is 0.0521. The summed E-state index contributed by atoms with van der Waals surface area (Å²) in [6, 6.07) is 7.61. The van der Waals surface area contributed by atoms with Crippen LogP contribution < -0.4 is 5.73 Å². The van der Waals surface area contributed by atoms with Gasteiger partial charge in [-0.25, -0.2) is 9.78 Å². The number of hydrogen-bond donors (Lipinski definition) is 1. The standard InChI is InChI=1S/C12H11BrN2O2S/c1-2-17-11(16)9-10(18-12(14)15-9)7-3-5-8(13)6-4-7/h3-6H,2H2,1H3,(H2,14,15). The SMILES string of the molecule is CCOC(=O)c1nc(N)sc1-c1ccc(Br)cc1. The van der Waals surface area contributed by atoms with Crippen molar-refractivity contribution in [1.82, 2.24) is 4.98 Å². The molecule has 0 unspecified atom stereocenters. The molecule has 0 aliphatic carbocycles. The van der Waals surface area contributed by atoms with Crippen molar-refractivity contribution in [3.8, 4) is 10.4 Å². The molecule has 0 radical (unpaired) electrons. The summed E-state index contributed by atoms with van der Waals surface area (Å²) in [7, 11) is 0. The fourth-order valence-electron chi connectivity index (χ4n) is 1.47. The van der Waals surface area contributed by atoms with Crippen molar-refractivity contribution >= 4 is 38.4 Å². The van der Waals surface area contributed by atoms with Gasteiger partial charge in [0.25, 0.3) is 0 Å². The first-order valence-corrected chi connectivity index (χ1v) is 6.92. The summed E-state index contributed by atoms with van der Waals surface area (Å²) < 4.78 is 5.94. The summed E-state index contributed by atoms with van der Waals surface area (Å²) in [5.74, 6) is -0.441. The van der Waals surface area contributed by atoms with Gasteiger partial charge in [-0.05, 0) is 24.6 Å². The van der Waals surface area contributed by atoms with Gasteiger partial charge in [0.2, 0.25) is 0 Å². The first-order valence-electron chi connectivity index (χ1n) is 5.31. The van der Waals surface area contributed by atoms with E-state index in [2.05, 4.69) is 20.9 Å². The van der Waals surface area contributed by atoms with Crippen LogP contribution >= 0.6 is 27.3 Å². The van der Waals surface area contributed by atoms with Gasteiger partial charge < -0.3 is 10.5 Å². The topological polar surface area (TPSA) is 65.2 Å². The van der Waals surface area contributed by atoms with E-state index >= 15 is 0 Å². The second-order valence-corrected chi connectivity index (χ2v) is 5.40. The first kappa shape index (κ1) is 13.0. The Balaban J connectivity index is 2.44. The third-order valence-electron chi connectivity index (χ3n) is 2.22. The predicted molar refractivity (Wildman–Crippen MR) is 75.6 cm³/mol. The number of nitrogens with two attached hydrogens (primary N) is 1. The number of carbonyl (C=O) groups is 1. The fraction of sp³-hybridized carbons (Fsp3) is 0.167. The number of nitrogen functional groups attached to an aromatic ring is 1. The van der Waals surface area contributed by atoms with E-state index in [1.807, 2.05) is 24.3 Å². The number of rotatable bonds is 3. The molecule has 4 nitrogen and oxygen atoms in total. The smallest absolute Gasteiger partial charge is 0.358 e. The molecule has 0 aliphatic heterocycles. The van der Waals surface area contributed by atoms with E-state index in [4.69, 9.17) is 10.5 Å². The van der Waals surface area contributed by atoms with E-state index in [-0.39, 0.29) is 5.69 Å². The molecule has 6 heteroatoms. The second kappa shape index (κ2) is 5.49. The van der Waals surface area contributed by atoms with Crippen molar-refractivity contribution in [2.45, 2.75) is 6.92 Å². The molecule has 2 N–H and O–H groups in total. The molecular formula is C12H11BrN2O2S. The van der Waals surface area contributed by atoms with Crippen LogP contribution in [0, 0.1) is 0 Å². The van der Waals surface area contributed by atoms with Crippen molar-refractivity contribution in [2.75, 3.05) is 12.3 Å². The van der Waals surface area contributed by atoms with Gasteiger partial charge in [0.1, 0.15) is 0 Å². The van der Waals surface area contributed by atoms with E-state index in [9.17, 15) is 4.79 Å². The van der Waals surface area contributed by atoms with Crippen molar-refractivity contribution in [3.05, 3.63) is 34.4 Å². The van der Waals surface area contributed by atoms with Crippen LogP contribution in [0.2, 0.25) is 0 Å². The number of nitrogens with zero attached hydrogens (tertiary/aromatic N) is 1. The Bertz CT molecular complexity index is 566. The number of thiazole rings is 1. The average Bonchev–Trinajstić information content (AvgIpc) is 2.73. The highest BCUT2D eigenvalue weighted by molar-refractivity contribution is 9.10. The van der Waals surface area contributed by atoms with Gasteiger partial charge in [-0.15, -0.1) is 0 Å². The summed E-state index contributed by atoms with van der Waals surface area (Å²) in [4.78, 5) is 16.5. The molecule has 18 heavy (non-hydrogen) atoms. The van der Waals surface area contributed by atoms with Crippen molar-refractivity contribution in [2.24, 2.45) is 0 Å². The summed E-state index contributed by atoms with van der Waals surface area (Å²) >= 11 is 4.65. The number of esters is 1. The molecule has 94 valence electrons. The lowest BCUT2D eigenvalue weighted by Crippen LogP contribution is -2.06. The molecule has 0 amide bonds. The van der Waals surface area contributed by atoms with Crippen LogP contribution in [0.5, 0.6) is 0 Å². The Labute approximate surface area is 117 Å². The predicted octanol–water partition coefficient (Wildman–Crippen LogP) is 3.33. The molecule has 2 aromatic rings. The van der Waals surface area contributed by atoms with Gasteiger partial charge in [0, 0.05) is 4.47 Å². The Morgan fingerprint density at radius 2 is 2.11 bits per heavy atom. The van der Waals surface area contributed by atoms with Gasteiger partial charge in [-0.3, -0.25) is 0 Å². The first-order chi connectivity index (χ1) is 8.61. The van der Waals surface area contributed by atoms with Gasteiger partial charge in [-0.2, -0.15) is 0 Å². The molecule has 1 heterocycles. The molecular weight excluding hydrogens is 316 g/mol. The van der Waals surface area contributed by atoms with E-state index in [1.54, 1.807) is 6.92 Å². The Hall–Kier alpha value is -1.40. The van der Waals surface area contributed by atoms with Crippen LogP contribution in [-0.2, 0) is 4.74 Å². The number of anilines is 1. The molecule has 0 saturated heterocycles. The molecule has 0 spiro atoms. The molecule has 2 rings (SSSR count). The minimum atomic E-state index is -0.441. The second-order valence-electron chi connectivity index (χ2n) is 3.46. The summed E-state index contributed by atoms with van der Waals surface area (Å²) in [5.41, 5.74) is 6.85. The highest BCUT2D eigenvalue weighted by Gasteiger charge is 2.19. The van der Waals surface area contributed by atoms with E-state index in [1.165, 1.54) is 11.3 Å². The number of ether oxygens (including phenoxy) is 1. The van der Waals surface area contributed by atoms with Gasteiger partial charge in [-0.1, -0.05) is 39.4 Å². The largest absolute Gasteiger partial charge is 0.461 e. The molecule has 0 bridgehead atoms. The highest BCUT2D eigenvalue weighted by Crippen LogP contribution is 2.32. The summed E-state index contributed by atoms with van der Waals surface area (Å²) in [6.07, 6.45) is 0. The Morgan fingerprint density at radius 1 is 1.44 bits per heavy atom. The van der Waals surface area contributed by atoms with Crippen LogP contribution in [0.3, 0.4) is 0 Å². The Morgan fingerprint density at radius 3 is 2.72 bits per heavy atom. The zero-order valence-corrected chi connectivity index (χ0v) is 12.0. The molecule has 1 aromatic heterocycles. The monoisotopic (exact) mass is 326 g/mol. The van der Waals surface area contributed by atoms with Gasteiger partial charge >= 0.3 is 5.97 Å². The van der Waals surface area contributed by atoms with Crippen LogP contribution in [0.25, 0.3) is 10.4 Å². The van der Waals surface area contributed by atoms with Crippen LogP contribution in [-0.4, -0.2) is 17.6 Å². The molecule has 0 fully saturated rings. The van der Waals surface area contributed by atoms with Gasteiger partial charge in [0.05, 0.1) is 11.5 Å². The van der Waals surface area contributed by atoms with E-state index in [0.29, 0.717) is 11.7 Å². The fourth-order valence-corrected chi connectivity index (χ4v) is 2.56. The van der Waals surface area contributed by atoms with Crippen LogP contribution in [0.15, 0.2) is 28.7 Å². The van der Waals surface area contributed by atoms with Crippen LogP contribution in [0.1, 0.15) is 17.4 Å². The molecule has 1 aromatic carbocycles. The number of aromatic nitrogens is 1. The van der Waals surface area contributed by atoms with Crippen LogP contribution in [0.4, 0.5) is 5.13 Å². The zero-order chi connectivity index (χ0) is 13.1. The summed E-state index contributed by atoms with van der Waals surface area (Å²) in [6.45, 7) is 2.07. The van der Waals surface area contributed by atoms with Crippen molar-refractivity contribution in [3.63, 3.8) is 0 Å². The van der Waals surface area contributed by atoms with Crippen molar-refractivity contribution < 1.29 is 9.53 Å². The quantitative estimate of drug-likeness (QED) is 0.878. The normalized spacial score (nSPS) is 10.3. The van der Waals surface area contributed by atoms with Crippen molar-refractivity contribution in [1.29, 1.82) is 0 Å². The molecule has 0 aliphatic rings. The maximum Gasteiger partial charge on any atom is 0.358 e. The zero-order valence-electron chi connectivity index (χ0n) is 9.64. The molecule has 0 atom stereocenters.